The van der Waals surface area contributed by atoms with E-state index < -0.39 is 47.1 Å². The standard InChI is InChI=1S/C33H30F4N4O5/c1-16-10-19-11-20(12-24(46-22-8-9-22)26(19)40-17(16)2)29(42)39-14-32(44,33(35,36)37)25-13-23-28(45-15-31(23,3)30(38)43)27(41-25)18-4-6-21(34)7-5-18/h4-7,10-13,22,44H,8-9,14-15H2,1-3H3,(H2,38,43)(H,39,42)/t31-,32-/m0/s1. The molecule has 2 amide bonds. The normalized spacial score (nSPS) is 18.9. The molecule has 1 aliphatic heterocycles. The predicted octanol–water partition coefficient (Wildman–Crippen LogP) is 4.91. The number of amides is 2. The van der Waals surface area contributed by atoms with Gasteiger partial charge in [0.2, 0.25) is 11.5 Å². The molecule has 1 saturated carbocycles. The van der Waals surface area contributed by atoms with Gasteiger partial charge in [0.15, 0.2) is 0 Å². The second-order valence-corrected chi connectivity index (χ2v) is 12.0. The molecule has 1 aliphatic carbocycles. The number of rotatable bonds is 8. The van der Waals surface area contributed by atoms with Gasteiger partial charge in [-0.2, -0.15) is 13.2 Å². The van der Waals surface area contributed by atoms with Crippen LogP contribution in [0, 0.1) is 19.7 Å². The Kier molecular flexibility index (Phi) is 7.42. The van der Waals surface area contributed by atoms with Crippen LogP contribution in [0.3, 0.4) is 0 Å². The molecular weight excluding hydrogens is 608 g/mol. The largest absolute Gasteiger partial charge is 0.489 e. The minimum absolute atomic E-state index is 0.00125. The van der Waals surface area contributed by atoms with Gasteiger partial charge in [0.25, 0.3) is 5.91 Å². The topological polar surface area (TPSA) is 137 Å². The second kappa shape index (κ2) is 10.9. The quantitative estimate of drug-likeness (QED) is 0.233. The fourth-order valence-corrected chi connectivity index (χ4v) is 5.29. The number of ether oxygens (including phenoxy) is 2. The van der Waals surface area contributed by atoms with E-state index in [1.165, 1.54) is 31.2 Å². The number of hydrogen-bond acceptors (Lipinski definition) is 7. The zero-order chi connectivity index (χ0) is 33.2. The summed E-state index contributed by atoms with van der Waals surface area (Å²) >= 11 is 0. The van der Waals surface area contributed by atoms with Crippen molar-refractivity contribution in [2.24, 2.45) is 5.73 Å². The molecule has 1 fully saturated rings. The van der Waals surface area contributed by atoms with Gasteiger partial charge in [-0.1, -0.05) is 0 Å². The maximum Gasteiger partial charge on any atom is 0.424 e. The number of carbonyl (C=O) groups excluding carboxylic acids is 2. The molecule has 2 atom stereocenters. The lowest BCUT2D eigenvalue weighted by Gasteiger charge is -2.31. The number of aryl methyl sites for hydroxylation is 2. The summed E-state index contributed by atoms with van der Waals surface area (Å²) in [5, 5.41) is 14.1. The van der Waals surface area contributed by atoms with E-state index in [4.69, 9.17) is 15.2 Å². The Hall–Kier alpha value is -4.78. The molecule has 0 radical (unpaired) electrons. The summed E-state index contributed by atoms with van der Waals surface area (Å²) in [7, 11) is 0. The Bertz CT molecular complexity index is 1890. The van der Waals surface area contributed by atoms with Gasteiger partial charge >= 0.3 is 6.18 Å². The Labute approximate surface area is 260 Å². The summed E-state index contributed by atoms with van der Waals surface area (Å²) in [4.78, 5) is 34.6. The van der Waals surface area contributed by atoms with Crippen molar-refractivity contribution in [3.63, 3.8) is 0 Å². The average molecular weight is 639 g/mol. The molecule has 4 N–H and O–H groups in total. The third-order valence-electron chi connectivity index (χ3n) is 8.54. The lowest BCUT2D eigenvalue weighted by atomic mass is 9.81. The number of nitrogens with one attached hydrogen (secondary N) is 1. The number of aliphatic hydroxyl groups is 1. The molecule has 2 aromatic heterocycles. The molecule has 3 heterocycles. The molecule has 6 rings (SSSR count). The van der Waals surface area contributed by atoms with Crippen LogP contribution in [0.1, 0.15) is 52.6 Å². The molecule has 0 saturated heterocycles. The first kappa shape index (κ1) is 31.2. The van der Waals surface area contributed by atoms with Gasteiger partial charge in [-0.05, 0) is 87.7 Å². The van der Waals surface area contributed by atoms with Crippen LogP contribution < -0.4 is 20.5 Å². The van der Waals surface area contributed by atoms with E-state index in [0.717, 1.165) is 42.3 Å². The van der Waals surface area contributed by atoms with Crippen molar-refractivity contribution >= 4 is 22.7 Å². The Balaban J connectivity index is 1.41. The number of carbonyl (C=O) groups is 2. The van der Waals surface area contributed by atoms with Crippen LogP contribution >= 0.6 is 0 Å². The van der Waals surface area contributed by atoms with E-state index in [1.807, 2.05) is 19.9 Å². The summed E-state index contributed by atoms with van der Waals surface area (Å²) < 4.78 is 69.8. The van der Waals surface area contributed by atoms with Gasteiger partial charge < -0.3 is 25.6 Å². The number of hydrogen-bond donors (Lipinski definition) is 3. The van der Waals surface area contributed by atoms with Crippen molar-refractivity contribution in [2.45, 2.75) is 56.9 Å². The highest BCUT2D eigenvalue weighted by molar-refractivity contribution is 6.00. The van der Waals surface area contributed by atoms with Crippen molar-refractivity contribution in [2.75, 3.05) is 13.2 Å². The zero-order valence-electron chi connectivity index (χ0n) is 25.1. The Morgan fingerprint density at radius 3 is 2.43 bits per heavy atom. The molecular formula is C33H30F4N4O5. The number of halogens is 4. The monoisotopic (exact) mass is 638 g/mol. The number of benzene rings is 2. The van der Waals surface area contributed by atoms with Gasteiger partial charge in [-0.25, -0.2) is 14.4 Å². The van der Waals surface area contributed by atoms with Crippen LogP contribution in [-0.2, 0) is 15.8 Å². The van der Waals surface area contributed by atoms with Gasteiger partial charge in [-0.15, -0.1) is 0 Å². The number of pyridine rings is 2. The highest BCUT2D eigenvalue weighted by Gasteiger charge is 2.57. The first-order chi connectivity index (χ1) is 21.6. The van der Waals surface area contributed by atoms with E-state index in [0.29, 0.717) is 16.7 Å². The van der Waals surface area contributed by atoms with Gasteiger partial charge in [0, 0.05) is 27.8 Å². The fraction of sp³-hybridized carbons (Fsp3) is 0.333. The SMILES string of the molecule is Cc1cc2cc(C(=O)NC[C@](O)(c3cc4c(c(-c5ccc(F)cc5)n3)OC[C@]4(C)C(N)=O)C(F)(F)F)cc(OC3CC3)c2nc1C. The summed E-state index contributed by atoms with van der Waals surface area (Å²) in [6, 6.07) is 10.3. The summed E-state index contributed by atoms with van der Waals surface area (Å²) in [6.45, 7) is 3.45. The van der Waals surface area contributed by atoms with Crippen molar-refractivity contribution in [3.8, 4) is 22.8 Å². The zero-order valence-corrected chi connectivity index (χ0v) is 25.1. The number of aromatic nitrogens is 2. The average Bonchev–Trinajstić information content (AvgIpc) is 3.75. The van der Waals surface area contributed by atoms with Crippen LogP contribution in [0.5, 0.6) is 11.5 Å². The molecule has 240 valence electrons. The number of fused-ring (bicyclic) bond motifs is 2. The fourth-order valence-electron chi connectivity index (χ4n) is 5.29. The van der Waals surface area contributed by atoms with Gasteiger partial charge in [-0.3, -0.25) is 9.59 Å². The lowest BCUT2D eigenvalue weighted by molar-refractivity contribution is -0.265. The van der Waals surface area contributed by atoms with Crippen molar-refractivity contribution in [3.05, 3.63) is 82.4 Å². The van der Waals surface area contributed by atoms with Crippen molar-refractivity contribution in [1.82, 2.24) is 15.3 Å². The molecule has 2 aromatic carbocycles. The molecule has 2 aliphatic rings. The molecule has 4 aromatic rings. The summed E-state index contributed by atoms with van der Waals surface area (Å²) in [5.41, 5.74) is 1.52. The smallest absolute Gasteiger partial charge is 0.424 e. The molecule has 0 unspecified atom stereocenters. The first-order valence-electron chi connectivity index (χ1n) is 14.5. The van der Waals surface area contributed by atoms with E-state index in [9.17, 15) is 32.3 Å². The Morgan fingerprint density at radius 1 is 1.11 bits per heavy atom. The van der Waals surface area contributed by atoms with Gasteiger partial charge in [0.1, 0.15) is 40.5 Å². The highest BCUT2D eigenvalue weighted by atomic mass is 19.4. The molecule has 9 nitrogen and oxygen atoms in total. The van der Waals surface area contributed by atoms with Crippen LogP contribution in [0.25, 0.3) is 22.2 Å². The predicted molar refractivity (Wildman–Crippen MR) is 159 cm³/mol. The summed E-state index contributed by atoms with van der Waals surface area (Å²) in [6.07, 6.45) is -3.74. The minimum atomic E-state index is -5.35. The molecule has 0 spiro atoms. The third kappa shape index (κ3) is 5.38. The maximum atomic E-state index is 14.8. The molecule has 13 heteroatoms. The maximum absolute atomic E-state index is 14.8. The Morgan fingerprint density at radius 2 is 1.80 bits per heavy atom. The number of nitrogens with zero attached hydrogens (tertiary/aromatic N) is 2. The number of nitrogens with two attached hydrogens (primary N) is 1. The minimum Gasteiger partial charge on any atom is -0.489 e. The molecule has 0 bridgehead atoms. The van der Waals surface area contributed by atoms with Crippen molar-refractivity contribution < 1.29 is 41.7 Å². The van der Waals surface area contributed by atoms with E-state index in [1.54, 1.807) is 0 Å². The molecule has 46 heavy (non-hydrogen) atoms. The van der Waals surface area contributed by atoms with E-state index in [-0.39, 0.29) is 40.8 Å². The van der Waals surface area contributed by atoms with Crippen LogP contribution in [0.4, 0.5) is 17.6 Å². The third-order valence-corrected chi connectivity index (χ3v) is 8.54. The van der Waals surface area contributed by atoms with Crippen LogP contribution in [-0.4, -0.2) is 52.3 Å². The second-order valence-electron chi connectivity index (χ2n) is 12.0. The first-order valence-corrected chi connectivity index (χ1v) is 14.5. The van der Waals surface area contributed by atoms with Crippen molar-refractivity contribution in [1.29, 1.82) is 0 Å². The van der Waals surface area contributed by atoms with E-state index in [2.05, 4.69) is 15.3 Å². The lowest BCUT2D eigenvalue weighted by Crippen LogP contribution is -2.51. The highest BCUT2D eigenvalue weighted by Crippen LogP contribution is 2.47. The van der Waals surface area contributed by atoms with Crippen LogP contribution in [0.15, 0.2) is 48.5 Å². The summed E-state index contributed by atoms with van der Waals surface area (Å²) in [5.74, 6) is -2.08. The number of alkyl halides is 3. The van der Waals surface area contributed by atoms with Crippen LogP contribution in [0.2, 0.25) is 0 Å². The van der Waals surface area contributed by atoms with E-state index >= 15 is 0 Å². The number of primary amides is 1. The van der Waals surface area contributed by atoms with Gasteiger partial charge in [0.05, 0.1) is 18.3 Å².